The lowest BCUT2D eigenvalue weighted by Gasteiger charge is -2.19. The third kappa shape index (κ3) is 7.48. The summed E-state index contributed by atoms with van der Waals surface area (Å²) in [6, 6.07) is 32.8. The number of aromatic amines is 3. The minimum atomic E-state index is -0.548. The first kappa shape index (κ1) is 30.7. The quantitative estimate of drug-likeness (QED) is 0.101. The number of para-hydroxylation sites is 2. The fraction of sp³-hybridized carbons (Fsp3) is 0.0312. The van der Waals surface area contributed by atoms with Crippen molar-refractivity contribution in [2.75, 3.05) is 23.5 Å². The van der Waals surface area contributed by atoms with Crippen LogP contribution in [0.5, 0.6) is 0 Å². The van der Waals surface area contributed by atoms with Gasteiger partial charge in [-0.25, -0.2) is 14.8 Å². The summed E-state index contributed by atoms with van der Waals surface area (Å²) < 4.78 is 5.07. The first-order chi connectivity index (χ1) is 22.4. The third-order valence-electron chi connectivity index (χ3n) is 6.42. The van der Waals surface area contributed by atoms with E-state index in [1.165, 1.54) is 39.5 Å². The van der Waals surface area contributed by atoms with Gasteiger partial charge in [-0.1, -0.05) is 78.2 Å². The Morgan fingerprint density at radius 3 is 2.30 bits per heavy atom. The van der Waals surface area contributed by atoms with Gasteiger partial charge in [-0.2, -0.15) is 4.98 Å². The van der Waals surface area contributed by atoms with Crippen LogP contribution in [0.15, 0.2) is 123 Å². The van der Waals surface area contributed by atoms with Crippen molar-refractivity contribution in [1.82, 2.24) is 29.9 Å². The van der Waals surface area contributed by atoms with E-state index in [0.717, 1.165) is 15.9 Å². The molecular formula is C32H27N9O2S3. The SMILES string of the molecule is COC(=O)Nc1nc2cc(Sc3ccccc3)ccc2[nH]1.Nc1nc2nc[nH]c2c(=S)[nH]1.c1ccc2c(c1)Nc1ccccc1S2. The standard InChI is InChI=1S/C15H13N3O2S.C12H9NS.C5H5N5S/c1-20-15(19)18-14-16-12-8-7-11(9-13(12)17-14)21-10-5-3-2-4-6-10;1-3-7-11-9(5-1)13-10-6-2-4-8-12(10)14-11;6-5-9-3-2(4(11)10-5)7-1-8-3/h2-9H,1H3,(H2,16,17,18,19);1-8,13H;1H,(H4,6,7,8,9,10,11). The molecule has 0 atom stereocenters. The van der Waals surface area contributed by atoms with E-state index < -0.39 is 6.09 Å². The van der Waals surface area contributed by atoms with Crippen LogP contribution in [0.4, 0.5) is 28.1 Å². The highest BCUT2D eigenvalue weighted by Gasteiger charge is 2.13. The van der Waals surface area contributed by atoms with Crippen molar-refractivity contribution in [2.45, 2.75) is 19.6 Å². The van der Waals surface area contributed by atoms with E-state index >= 15 is 0 Å². The van der Waals surface area contributed by atoms with Crippen molar-refractivity contribution < 1.29 is 9.53 Å². The maximum absolute atomic E-state index is 11.2. The fourth-order valence-electron chi connectivity index (χ4n) is 4.32. The van der Waals surface area contributed by atoms with E-state index in [1.807, 2.05) is 48.2 Å². The van der Waals surface area contributed by atoms with Gasteiger partial charge in [0.2, 0.25) is 11.9 Å². The van der Waals surface area contributed by atoms with E-state index in [-0.39, 0.29) is 5.95 Å². The number of benzene rings is 4. The number of ether oxygens (including phenoxy) is 1. The number of aromatic nitrogens is 6. The van der Waals surface area contributed by atoms with Gasteiger partial charge in [-0.05, 0) is 54.6 Å². The summed E-state index contributed by atoms with van der Waals surface area (Å²) in [5.41, 5.74) is 10.7. The third-order valence-corrected chi connectivity index (χ3v) is 8.87. The smallest absolute Gasteiger partial charge is 0.413 e. The van der Waals surface area contributed by atoms with Gasteiger partial charge < -0.3 is 30.7 Å². The number of anilines is 4. The van der Waals surface area contributed by atoms with Crippen LogP contribution in [0.2, 0.25) is 0 Å². The Morgan fingerprint density at radius 1 is 0.891 bits per heavy atom. The Balaban J connectivity index is 0.000000128. The number of nitrogen functional groups attached to an aromatic ring is 1. The molecule has 230 valence electrons. The van der Waals surface area contributed by atoms with E-state index in [1.54, 1.807) is 11.8 Å². The highest BCUT2D eigenvalue weighted by Crippen LogP contribution is 2.43. The van der Waals surface area contributed by atoms with Crippen LogP contribution in [-0.4, -0.2) is 43.1 Å². The number of fused-ring (bicyclic) bond motifs is 4. The summed E-state index contributed by atoms with van der Waals surface area (Å²) in [5, 5.41) is 5.94. The maximum Gasteiger partial charge on any atom is 0.413 e. The molecule has 0 unspecified atom stereocenters. The van der Waals surface area contributed by atoms with E-state index in [9.17, 15) is 4.79 Å². The molecule has 0 aliphatic carbocycles. The average Bonchev–Trinajstić information content (AvgIpc) is 3.71. The summed E-state index contributed by atoms with van der Waals surface area (Å²) in [7, 11) is 1.31. The Labute approximate surface area is 276 Å². The molecule has 4 aromatic carbocycles. The number of imidazole rings is 2. The van der Waals surface area contributed by atoms with Crippen molar-refractivity contribution in [3.63, 3.8) is 0 Å². The predicted octanol–water partition coefficient (Wildman–Crippen LogP) is 8.38. The zero-order valence-corrected chi connectivity index (χ0v) is 26.7. The Kier molecular flexibility index (Phi) is 9.48. The van der Waals surface area contributed by atoms with Gasteiger partial charge >= 0.3 is 6.09 Å². The van der Waals surface area contributed by atoms with Crippen molar-refractivity contribution in [3.05, 3.63) is 108 Å². The fourth-order valence-corrected chi connectivity index (χ4v) is 6.44. The maximum atomic E-state index is 11.2. The Bertz CT molecular complexity index is 2090. The molecule has 1 amide bonds. The molecule has 0 fully saturated rings. The minimum absolute atomic E-state index is 0.287. The van der Waals surface area contributed by atoms with Gasteiger partial charge in [0.25, 0.3) is 0 Å². The number of nitrogens with two attached hydrogens (primary N) is 1. The molecule has 0 bridgehead atoms. The number of hydrogen-bond acceptors (Lipinski definition) is 10. The number of methoxy groups -OCH3 is 1. The minimum Gasteiger partial charge on any atom is -0.453 e. The highest BCUT2D eigenvalue weighted by molar-refractivity contribution is 7.99. The summed E-state index contributed by atoms with van der Waals surface area (Å²) >= 11 is 8.43. The molecule has 7 aromatic rings. The number of H-pyrrole nitrogens is 3. The lowest BCUT2D eigenvalue weighted by molar-refractivity contribution is 0.186. The largest absolute Gasteiger partial charge is 0.453 e. The zero-order chi connectivity index (χ0) is 31.9. The summed E-state index contributed by atoms with van der Waals surface area (Å²) in [6.45, 7) is 0. The summed E-state index contributed by atoms with van der Waals surface area (Å²) in [6.07, 6.45) is 0.980. The number of nitrogens with zero attached hydrogens (tertiary/aromatic N) is 3. The van der Waals surface area contributed by atoms with E-state index in [4.69, 9.17) is 18.0 Å². The normalized spacial score (nSPS) is 11.2. The molecule has 0 radical (unpaired) electrons. The second-order valence-electron chi connectivity index (χ2n) is 9.57. The molecule has 0 spiro atoms. The molecule has 0 saturated heterocycles. The number of amides is 1. The van der Waals surface area contributed by atoms with Crippen LogP contribution in [0, 0.1) is 4.64 Å². The molecular weight excluding hydrogens is 639 g/mol. The Hall–Kier alpha value is -5.31. The van der Waals surface area contributed by atoms with E-state index in [0.29, 0.717) is 21.8 Å². The van der Waals surface area contributed by atoms with Crippen LogP contribution >= 0.6 is 35.7 Å². The van der Waals surface area contributed by atoms with Crippen molar-refractivity contribution in [2.24, 2.45) is 0 Å². The number of rotatable bonds is 3. The van der Waals surface area contributed by atoms with E-state index in [2.05, 4.69) is 106 Å². The molecule has 1 aliphatic rings. The first-order valence-corrected chi connectivity index (χ1v) is 15.9. The molecule has 7 N–H and O–H groups in total. The molecule has 14 heteroatoms. The molecule has 8 rings (SSSR count). The first-order valence-electron chi connectivity index (χ1n) is 13.8. The molecule has 4 heterocycles. The summed E-state index contributed by atoms with van der Waals surface area (Å²) in [4.78, 5) is 36.7. The highest BCUT2D eigenvalue weighted by atomic mass is 32.2. The Morgan fingerprint density at radius 2 is 1.59 bits per heavy atom. The molecule has 0 saturated carbocycles. The van der Waals surface area contributed by atoms with Crippen molar-refractivity contribution in [1.29, 1.82) is 0 Å². The van der Waals surface area contributed by atoms with Gasteiger partial charge in [0.15, 0.2) is 5.65 Å². The van der Waals surface area contributed by atoms with Crippen LogP contribution in [0.25, 0.3) is 22.2 Å². The number of carbonyl (C=O) groups excluding carboxylic acids is 1. The monoisotopic (exact) mass is 665 g/mol. The van der Waals surface area contributed by atoms with Gasteiger partial charge in [-0.3, -0.25) is 5.32 Å². The van der Waals surface area contributed by atoms with Crippen LogP contribution in [-0.2, 0) is 4.74 Å². The van der Waals surface area contributed by atoms with Gasteiger partial charge in [0, 0.05) is 19.6 Å². The molecule has 11 nitrogen and oxygen atoms in total. The molecule has 3 aromatic heterocycles. The van der Waals surface area contributed by atoms with Crippen molar-refractivity contribution >= 4 is 87.3 Å². The van der Waals surface area contributed by atoms with Gasteiger partial charge in [0.1, 0.15) is 10.2 Å². The number of hydrogen-bond donors (Lipinski definition) is 6. The molecule has 1 aliphatic heterocycles. The second-order valence-corrected chi connectivity index (χ2v) is 12.2. The van der Waals surface area contributed by atoms with Crippen LogP contribution in [0.1, 0.15) is 0 Å². The molecule has 46 heavy (non-hydrogen) atoms. The van der Waals surface area contributed by atoms with Gasteiger partial charge in [0.05, 0.1) is 35.8 Å². The topological polar surface area (TPSA) is 162 Å². The predicted molar refractivity (Wildman–Crippen MR) is 186 cm³/mol. The lowest BCUT2D eigenvalue weighted by Crippen LogP contribution is -2.11. The summed E-state index contributed by atoms with van der Waals surface area (Å²) in [5.74, 6) is 0.660. The average molecular weight is 666 g/mol. The second kappa shape index (κ2) is 14.2. The zero-order valence-electron chi connectivity index (χ0n) is 24.3. The van der Waals surface area contributed by atoms with Crippen LogP contribution < -0.4 is 16.4 Å². The number of nitrogens with one attached hydrogen (secondary N) is 5. The van der Waals surface area contributed by atoms with Gasteiger partial charge in [-0.15, -0.1) is 0 Å². The van der Waals surface area contributed by atoms with Crippen LogP contribution in [0.3, 0.4) is 0 Å². The van der Waals surface area contributed by atoms with Crippen molar-refractivity contribution in [3.8, 4) is 0 Å². The number of carbonyl (C=O) groups is 1. The lowest BCUT2D eigenvalue weighted by atomic mass is 10.2.